The number of hydrogen-bond acceptors (Lipinski definition) is 2. The van der Waals surface area contributed by atoms with E-state index in [1.165, 1.54) is 6.07 Å². The van der Waals surface area contributed by atoms with Gasteiger partial charge in [0, 0.05) is 18.7 Å². The van der Waals surface area contributed by atoms with Gasteiger partial charge >= 0.3 is 0 Å². The molecule has 0 aliphatic carbocycles. The first-order chi connectivity index (χ1) is 7.72. The largest absolute Gasteiger partial charge is 0.369 e. The Kier molecular flexibility index (Phi) is 3.59. The lowest BCUT2D eigenvalue weighted by Crippen LogP contribution is -2.19. The van der Waals surface area contributed by atoms with E-state index in [1.54, 1.807) is 12.1 Å². The fraction of sp³-hybridized carbons (Fsp3) is 0.417. The van der Waals surface area contributed by atoms with E-state index in [0.29, 0.717) is 11.3 Å². The van der Waals surface area contributed by atoms with Crippen molar-refractivity contribution in [1.29, 1.82) is 0 Å². The molecule has 1 fully saturated rings. The number of hydrogen-bond donors (Lipinski definition) is 0. The van der Waals surface area contributed by atoms with Gasteiger partial charge < -0.3 is 4.90 Å². The molecule has 1 heterocycles. The number of alkyl halides is 1. The third-order valence-corrected chi connectivity index (χ3v) is 3.35. The molecule has 2 nitrogen and oxygen atoms in total. The third-order valence-electron chi connectivity index (χ3n) is 2.84. The predicted octanol–water partition coefficient (Wildman–Crippen LogP) is 3.00. The van der Waals surface area contributed by atoms with Crippen molar-refractivity contribution in [3.8, 4) is 0 Å². The minimum Gasteiger partial charge on any atom is -0.369 e. The summed E-state index contributed by atoms with van der Waals surface area (Å²) in [6.07, 6.45) is 2.23. The average Bonchev–Trinajstić information content (AvgIpc) is 2.81. The lowest BCUT2D eigenvalue weighted by Gasteiger charge is -2.18. The zero-order valence-electron chi connectivity index (χ0n) is 8.88. The fourth-order valence-corrected chi connectivity index (χ4v) is 2.30. The van der Waals surface area contributed by atoms with Crippen LogP contribution in [0.1, 0.15) is 23.2 Å². The Hall–Kier alpha value is -0.900. The second kappa shape index (κ2) is 4.95. The summed E-state index contributed by atoms with van der Waals surface area (Å²) in [7, 11) is 0. The first kappa shape index (κ1) is 11.6. The monoisotopic (exact) mass is 285 g/mol. The topological polar surface area (TPSA) is 20.3 Å². The van der Waals surface area contributed by atoms with Gasteiger partial charge in [-0.15, -0.1) is 0 Å². The van der Waals surface area contributed by atoms with Crippen molar-refractivity contribution >= 4 is 27.4 Å². The molecule has 0 aromatic heterocycles. The number of carbonyl (C=O) groups excluding carboxylic acids is 1. The summed E-state index contributed by atoms with van der Waals surface area (Å²) in [5.74, 6) is -0.388. The lowest BCUT2D eigenvalue weighted by atomic mass is 10.1. The van der Waals surface area contributed by atoms with Crippen LogP contribution < -0.4 is 4.90 Å². The maximum atomic E-state index is 13.8. The second-order valence-electron chi connectivity index (χ2n) is 3.92. The molecule has 1 aromatic carbocycles. The van der Waals surface area contributed by atoms with Crippen molar-refractivity contribution in [1.82, 2.24) is 0 Å². The van der Waals surface area contributed by atoms with E-state index in [2.05, 4.69) is 15.9 Å². The first-order valence-electron chi connectivity index (χ1n) is 5.36. The van der Waals surface area contributed by atoms with Gasteiger partial charge in [0.05, 0.1) is 11.0 Å². The zero-order valence-corrected chi connectivity index (χ0v) is 10.5. The number of anilines is 1. The molecule has 0 unspecified atom stereocenters. The summed E-state index contributed by atoms with van der Waals surface area (Å²) in [5.41, 5.74) is 1.04. The van der Waals surface area contributed by atoms with E-state index in [0.717, 1.165) is 25.9 Å². The maximum absolute atomic E-state index is 13.8. The molecule has 0 bridgehead atoms. The minimum absolute atomic E-state index is 0.0909. The molecule has 1 aliphatic heterocycles. The number of Topliss-reactive ketones (excluding diaryl/α,β-unsaturated/α-hetero) is 1. The number of carbonyl (C=O) groups is 1. The van der Waals surface area contributed by atoms with Gasteiger partial charge in [-0.05, 0) is 31.0 Å². The van der Waals surface area contributed by atoms with Gasteiger partial charge in [-0.3, -0.25) is 4.79 Å². The Bertz CT molecular complexity index is 402. The molecule has 0 radical (unpaired) electrons. The summed E-state index contributed by atoms with van der Waals surface area (Å²) in [4.78, 5) is 13.4. The number of halogens is 2. The van der Waals surface area contributed by atoms with E-state index < -0.39 is 0 Å². The van der Waals surface area contributed by atoms with Gasteiger partial charge in [0.2, 0.25) is 0 Å². The van der Waals surface area contributed by atoms with E-state index in [-0.39, 0.29) is 16.9 Å². The SMILES string of the molecule is O=C(CBr)c1ccc(N2CCCC2)c(F)c1. The minimum atomic E-state index is -0.297. The second-order valence-corrected chi connectivity index (χ2v) is 4.48. The van der Waals surface area contributed by atoms with Gasteiger partial charge in [-0.25, -0.2) is 4.39 Å². The van der Waals surface area contributed by atoms with Crippen LogP contribution >= 0.6 is 15.9 Å². The van der Waals surface area contributed by atoms with Gasteiger partial charge in [-0.2, -0.15) is 0 Å². The van der Waals surface area contributed by atoms with Gasteiger partial charge in [0.25, 0.3) is 0 Å². The lowest BCUT2D eigenvalue weighted by molar-refractivity contribution is 0.102. The highest BCUT2D eigenvalue weighted by atomic mass is 79.9. The van der Waals surface area contributed by atoms with Crippen LogP contribution in [-0.4, -0.2) is 24.2 Å². The Labute approximate surface area is 103 Å². The van der Waals surface area contributed by atoms with E-state index in [9.17, 15) is 9.18 Å². The Morgan fingerprint density at radius 2 is 2.06 bits per heavy atom. The molecule has 1 aliphatic rings. The number of ketones is 1. The van der Waals surface area contributed by atoms with Crippen LogP contribution in [0.5, 0.6) is 0 Å². The highest BCUT2D eigenvalue weighted by molar-refractivity contribution is 9.09. The van der Waals surface area contributed by atoms with Crippen LogP contribution in [0.4, 0.5) is 10.1 Å². The quantitative estimate of drug-likeness (QED) is 0.629. The Morgan fingerprint density at radius 1 is 1.38 bits per heavy atom. The molecular formula is C12H13BrFNO. The van der Waals surface area contributed by atoms with Crippen LogP contribution in [0.2, 0.25) is 0 Å². The molecule has 0 spiro atoms. The third kappa shape index (κ3) is 2.26. The smallest absolute Gasteiger partial charge is 0.173 e. The van der Waals surface area contributed by atoms with Crippen molar-refractivity contribution in [2.24, 2.45) is 0 Å². The molecule has 2 rings (SSSR count). The molecule has 4 heteroatoms. The standard InChI is InChI=1S/C12H13BrFNO/c13-8-12(16)9-3-4-11(10(14)7-9)15-5-1-2-6-15/h3-4,7H,1-2,5-6,8H2. The Morgan fingerprint density at radius 3 is 2.62 bits per heavy atom. The van der Waals surface area contributed by atoms with Crippen molar-refractivity contribution in [2.45, 2.75) is 12.8 Å². The molecule has 86 valence electrons. The van der Waals surface area contributed by atoms with E-state index in [4.69, 9.17) is 0 Å². The Balaban J connectivity index is 2.25. The molecule has 0 amide bonds. The van der Waals surface area contributed by atoms with Crippen LogP contribution in [0, 0.1) is 5.82 Å². The summed E-state index contributed by atoms with van der Waals surface area (Å²) >= 11 is 3.08. The molecular weight excluding hydrogens is 273 g/mol. The van der Waals surface area contributed by atoms with Crippen LogP contribution in [0.25, 0.3) is 0 Å². The summed E-state index contributed by atoms with van der Waals surface area (Å²) in [6.45, 7) is 1.81. The van der Waals surface area contributed by atoms with Gasteiger partial charge in [-0.1, -0.05) is 15.9 Å². The molecule has 16 heavy (non-hydrogen) atoms. The van der Waals surface area contributed by atoms with Gasteiger partial charge in [0.15, 0.2) is 5.78 Å². The highest BCUT2D eigenvalue weighted by Gasteiger charge is 2.17. The van der Waals surface area contributed by atoms with Crippen LogP contribution in [0.15, 0.2) is 18.2 Å². The molecule has 0 atom stereocenters. The molecule has 0 saturated carbocycles. The molecule has 0 N–H and O–H groups in total. The van der Waals surface area contributed by atoms with E-state index in [1.807, 2.05) is 4.90 Å². The van der Waals surface area contributed by atoms with Gasteiger partial charge in [0.1, 0.15) is 5.82 Å². The summed E-state index contributed by atoms with van der Waals surface area (Å²) < 4.78 is 13.8. The first-order valence-corrected chi connectivity index (χ1v) is 6.48. The summed E-state index contributed by atoms with van der Waals surface area (Å²) in [5, 5.41) is 0.232. The normalized spacial score (nSPS) is 15.5. The summed E-state index contributed by atoms with van der Waals surface area (Å²) in [6, 6.07) is 4.73. The zero-order chi connectivity index (χ0) is 11.5. The number of rotatable bonds is 3. The fourth-order valence-electron chi connectivity index (χ4n) is 1.97. The van der Waals surface area contributed by atoms with Crippen molar-refractivity contribution in [3.05, 3.63) is 29.6 Å². The highest BCUT2D eigenvalue weighted by Crippen LogP contribution is 2.24. The molecule has 1 aromatic rings. The number of benzene rings is 1. The maximum Gasteiger partial charge on any atom is 0.173 e. The predicted molar refractivity (Wildman–Crippen MR) is 66.0 cm³/mol. The number of nitrogens with zero attached hydrogens (tertiary/aromatic N) is 1. The van der Waals surface area contributed by atoms with Crippen molar-refractivity contribution in [3.63, 3.8) is 0 Å². The van der Waals surface area contributed by atoms with Crippen molar-refractivity contribution in [2.75, 3.05) is 23.3 Å². The van der Waals surface area contributed by atoms with Crippen LogP contribution in [-0.2, 0) is 0 Å². The van der Waals surface area contributed by atoms with Crippen LogP contribution in [0.3, 0.4) is 0 Å². The average molecular weight is 286 g/mol. The van der Waals surface area contributed by atoms with E-state index >= 15 is 0 Å². The van der Waals surface area contributed by atoms with Crippen molar-refractivity contribution < 1.29 is 9.18 Å². The molecule has 1 saturated heterocycles.